The first-order valence-electron chi connectivity index (χ1n) is 5.93. The molecule has 1 aromatic heterocycles. The topological polar surface area (TPSA) is 54.5 Å². The average molecular weight is 253 g/mol. The van der Waals surface area contributed by atoms with Crippen molar-refractivity contribution < 1.29 is 9.53 Å². The highest BCUT2D eigenvalue weighted by atomic mass is 32.1. The van der Waals surface area contributed by atoms with Gasteiger partial charge in [-0.05, 0) is 19.3 Å². The summed E-state index contributed by atoms with van der Waals surface area (Å²) in [4.78, 5) is 18.1. The summed E-state index contributed by atoms with van der Waals surface area (Å²) in [5.41, 5.74) is 0. The van der Waals surface area contributed by atoms with Crippen LogP contribution in [0.15, 0.2) is 11.6 Å². The molecule has 0 spiro atoms. The lowest BCUT2D eigenvalue weighted by Crippen LogP contribution is -2.52. The van der Waals surface area contributed by atoms with Gasteiger partial charge >= 0.3 is 6.03 Å². The monoisotopic (exact) mass is 253 g/mol. The highest BCUT2D eigenvalue weighted by Gasteiger charge is 2.38. The van der Waals surface area contributed by atoms with Gasteiger partial charge in [0.05, 0.1) is 18.8 Å². The summed E-state index contributed by atoms with van der Waals surface area (Å²) < 4.78 is 5.68. The van der Waals surface area contributed by atoms with E-state index >= 15 is 0 Å². The van der Waals surface area contributed by atoms with Crippen LogP contribution in [0.3, 0.4) is 0 Å². The molecule has 1 aliphatic carbocycles. The van der Waals surface area contributed by atoms with Gasteiger partial charge < -0.3 is 9.64 Å². The number of fused-ring (bicyclic) bond motifs is 1. The van der Waals surface area contributed by atoms with Crippen molar-refractivity contribution >= 4 is 22.5 Å². The number of aromatic nitrogens is 1. The van der Waals surface area contributed by atoms with Crippen LogP contribution in [-0.4, -0.2) is 41.2 Å². The highest BCUT2D eigenvalue weighted by molar-refractivity contribution is 7.13. The summed E-state index contributed by atoms with van der Waals surface area (Å²) in [5.74, 6) is 0. The molecule has 2 atom stereocenters. The van der Waals surface area contributed by atoms with Crippen molar-refractivity contribution in [2.75, 3.05) is 18.5 Å². The lowest BCUT2D eigenvalue weighted by molar-refractivity contribution is -0.0362. The average Bonchev–Trinajstić information content (AvgIpc) is 2.97. The molecule has 5 nitrogen and oxygen atoms in total. The normalized spacial score (nSPS) is 27.9. The van der Waals surface area contributed by atoms with Crippen LogP contribution in [0.25, 0.3) is 0 Å². The molecule has 0 unspecified atom stereocenters. The van der Waals surface area contributed by atoms with Crippen molar-refractivity contribution in [1.29, 1.82) is 0 Å². The molecule has 17 heavy (non-hydrogen) atoms. The van der Waals surface area contributed by atoms with E-state index in [1.54, 1.807) is 6.20 Å². The predicted octanol–water partition coefficient (Wildman–Crippen LogP) is 1.93. The number of hydrogen-bond donors (Lipinski definition) is 1. The largest absolute Gasteiger partial charge is 0.374 e. The van der Waals surface area contributed by atoms with E-state index < -0.39 is 0 Å². The number of nitrogens with one attached hydrogen (secondary N) is 1. The Bertz CT molecular complexity index is 395. The number of rotatable bonds is 1. The number of anilines is 1. The molecule has 1 aromatic rings. The molecule has 2 aliphatic rings. The maximum absolute atomic E-state index is 12.1. The minimum absolute atomic E-state index is 0.0415. The maximum atomic E-state index is 12.1. The second kappa shape index (κ2) is 4.62. The molecular weight excluding hydrogens is 238 g/mol. The van der Waals surface area contributed by atoms with Crippen LogP contribution < -0.4 is 5.32 Å². The lowest BCUT2D eigenvalue weighted by atomic mass is 10.1. The summed E-state index contributed by atoms with van der Waals surface area (Å²) in [6.45, 7) is 1.32. The van der Waals surface area contributed by atoms with Gasteiger partial charge in [0.15, 0.2) is 5.13 Å². The van der Waals surface area contributed by atoms with E-state index in [-0.39, 0.29) is 18.2 Å². The number of morpholine rings is 1. The Balaban J connectivity index is 1.68. The third kappa shape index (κ3) is 2.14. The Morgan fingerprint density at radius 1 is 1.59 bits per heavy atom. The summed E-state index contributed by atoms with van der Waals surface area (Å²) in [6, 6.07) is 0.212. The van der Waals surface area contributed by atoms with Crippen molar-refractivity contribution in [3.63, 3.8) is 0 Å². The SMILES string of the molecule is O=C(Nc1nccs1)N1CCO[C@@H]2CCC[C@@H]21. The second-order valence-corrected chi connectivity index (χ2v) is 5.26. The Morgan fingerprint density at radius 2 is 2.53 bits per heavy atom. The third-order valence-electron chi connectivity index (χ3n) is 3.39. The summed E-state index contributed by atoms with van der Waals surface area (Å²) in [5, 5.41) is 5.36. The quantitative estimate of drug-likeness (QED) is 0.832. The van der Waals surface area contributed by atoms with Gasteiger partial charge in [0.1, 0.15) is 0 Å². The van der Waals surface area contributed by atoms with Crippen molar-refractivity contribution in [3.8, 4) is 0 Å². The molecular formula is C11H15N3O2S. The Morgan fingerprint density at radius 3 is 3.35 bits per heavy atom. The fourth-order valence-electron chi connectivity index (χ4n) is 2.63. The number of amides is 2. The Kier molecular flexibility index (Phi) is 2.98. The van der Waals surface area contributed by atoms with Crippen molar-refractivity contribution in [2.24, 2.45) is 0 Å². The van der Waals surface area contributed by atoms with Crippen molar-refractivity contribution in [2.45, 2.75) is 31.4 Å². The molecule has 1 saturated carbocycles. The van der Waals surface area contributed by atoms with E-state index in [2.05, 4.69) is 10.3 Å². The van der Waals surface area contributed by atoms with Crippen LogP contribution in [-0.2, 0) is 4.74 Å². The van der Waals surface area contributed by atoms with Gasteiger partial charge in [-0.2, -0.15) is 0 Å². The fraction of sp³-hybridized carbons (Fsp3) is 0.636. The van der Waals surface area contributed by atoms with Crippen LogP contribution in [0.2, 0.25) is 0 Å². The molecule has 2 fully saturated rings. The Labute approximate surface area is 104 Å². The van der Waals surface area contributed by atoms with E-state index in [0.29, 0.717) is 18.3 Å². The van der Waals surface area contributed by atoms with Crippen LogP contribution in [0, 0.1) is 0 Å². The first-order valence-corrected chi connectivity index (χ1v) is 6.81. The zero-order valence-electron chi connectivity index (χ0n) is 9.46. The van der Waals surface area contributed by atoms with Gasteiger partial charge in [-0.3, -0.25) is 5.32 Å². The van der Waals surface area contributed by atoms with Gasteiger partial charge in [-0.15, -0.1) is 11.3 Å². The first-order chi connectivity index (χ1) is 8.34. The fourth-order valence-corrected chi connectivity index (χ4v) is 3.14. The van der Waals surface area contributed by atoms with Crippen LogP contribution in [0.1, 0.15) is 19.3 Å². The number of carbonyl (C=O) groups is 1. The zero-order chi connectivity index (χ0) is 11.7. The number of nitrogens with zero attached hydrogens (tertiary/aromatic N) is 2. The lowest BCUT2D eigenvalue weighted by Gasteiger charge is -2.37. The smallest absolute Gasteiger partial charge is 0.324 e. The summed E-state index contributed by atoms with van der Waals surface area (Å²) in [7, 11) is 0. The molecule has 92 valence electrons. The maximum Gasteiger partial charge on any atom is 0.324 e. The van der Waals surface area contributed by atoms with E-state index in [4.69, 9.17) is 4.74 Å². The molecule has 2 amide bonds. The minimum atomic E-state index is -0.0415. The van der Waals surface area contributed by atoms with Gasteiger partial charge in [-0.25, -0.2) is 9.78 Å². The molecule has 0 bridgehead atoms. The van der Waals surface area contributed by atoms with E-state index in [0.717, 1.165) is 19.3 Å². The molecule has 0 aromatic carbocycles. The molecule has 2 heterocycles. The van der Waals surface area contributed by atoms with Crippen molar-refractivity contribution in [3.05, 3.63) is 11.6 Å². The van der Waals surface area contributed by atoms with E-state index in [1.165, 1.54) is 11.3 Å². The predicted molar refractivity (Wildman–Crippen MR) is 65.2 cm³/mol. The van der Waals surface area contributed by atoms with Crippen molar-refractivity contribution in [1.82, 2.24) is 9.88 Å². The number of hydrogen-bond acceptors (Lipinski definition) is 4. The van der Waals surface area contributed by atoms with E-state index in [9.17, 15) is 4.79 Å². The molecule has 3 rings (SSSR count). The summed E-state index contributed by atoms with van der Waals surface area (Å²) >= 11 is 1.44. The standard InChI is InChI=1S/C11H15N3O2S/c15-11(13-10-12-4-7-17-10)14-5-6-16-9-3-1-2-8(9)14/h4,7-9H,1-3,5-6H2,(H,12,13,15)/t8-,9+/m0/s1. The van der Waals surface area contributed by atoms with Gasteiger partial charge in [0, 0.05) is 18.1 Å². The Hall–Kier alpha value is -1.14. The van der Waals surface area contributed by atoms with Crippen LogP contribution in [0.5, 0.6) is 0 Å². The van der Waals surface area contributed by atoms with Crippen LogP contribution >= 0.6 is 11.3 Å². The van der Waals surface area contributed by atoms with Gasteiger partial charge in [0.25, 0.3) is 0 Å². The van der Waals surface area contributed by atoms with Crippen LogP contribution in [0.4, 0.5) is 9.93 Å². The number of urea groups is 1. The zero-order valence-corrected chi connectivity index (χ0v) is 10.3. The molecule has 6 heteroatoms. The summed E-state index contributed by atoms with van der Waals surface area (Å²) in [6.07, 6.45) is 5.21. The van der Waals surface area contributed by atoms with E-state index in [1.807, 2.05) is 10.3 Å². The number of thiazole rings is 1. The third-order valence-corrected chi connectivity index (χ3v) is 4.08. The van der Waals surface area contributed by atoms with Gasteiger partial charge in [-0.1, -0.05) is 0 Å². The minimum Gasteiger partial charge on any atom is -0.374 e. The highest BCUT2D eigenvalue weighted by Crippen LogP contribution is 2.30. The number of ether oxygens (including phenoxy) is 1. The van der Waals surface area contributed by atoms with Gasteiger partial charge in [0.2, 0.25) is 0 Å². The second-order valence-electron chi connectivity index (χ2n) is 4.37. The molecule has 1 aliphatic heterocycles. The molecule has 1 saturated heterocycles. The first kappa shape index (κ1) is 11.0. The number of carbonyl (C=O) groups excluding carboxylic acids is 1. The molecule has 0 radical (unpaired) electrons. The molecule has 1 N–H and O–H groups in total.